The van der Waals surface area contributed by atoms with Crippen molar-refractivity contribution in [2.24, 2.45) is 0 Å². The molecule has 0 saturated carbocycles. The zero-order valence-electron chi connectivity index (χ0n) is 26.3. The molecule has 1 fully saturated rings. The summed E-state index contributed by atoms with van der Waals surface area (Å²) in [6, 6.07) is 11.9. The van der Waals surface area contributed by atoms with E-state index in [0.717, 1.165) is 37.3 Å². The van der Waals surface area contributed by atoms with Crippen LogP contribution in [0.4, 0.5) is 17.6 Å². The predicted molar refractivity (Wildman–Crippen MR) is 168 cm³/mol. The molecule has 7 rings (SSSR count). The lowest BCUT2D eigenvalue weighted by atomic mass is 9.88. The monoisotopic (exact) mass is 685 g/mol. The van der Waals surface area contributed by atoms with E-state index in [1.165, 1.54) is 12.3 Å². The van der Waals surface area contributed by atoms with Crippen LogP contribution in [0, 0.1) is 5.82 Å². The number of nitrogens with zero attached hydrogens (tertiary/aromatic N) is 6. The predicted octanol–water partition coefficient (Wildman–Crippen LogP) is 7.09. The zero-order chi connectivity index (χ0) is 33.8. The number of hydrogen-bond acceptors (Lipinski definition) is 8. The van der Waals surface area contributed by atoms with Gasteiger partial charge in [-0.15, -0.1) is 10.2 Å². The molecule has 0 bridgehead atoms. The van der Waals surface area contributed by atoms with Gasteiger partial charge in [-0.05, 0) is 69.1 Å². The first kappa shape index (κ1) is 32.3. The first-order valence-corrected chi connectivity index (χ1v) is 15.9. The lowest BCUT2D eigenvalue weighted by Gasteiger charge is -2.32. The summed E-state index contributed by atoms with van der Waals surface area (Å²) < 4.78 is 74.2. The summed E-state index contributed by atoms with van der Waals surface area (Å²) in [5, 5.41) is 7.18. The Labute approximate surface area is 278 Å². The Kier molecular flexibility index (Phi) is 8.28. The van der Waals surface area contributed by atoms with Gasteiger partial charge in [0.15, 0.2) is 23.0 Å². The van der Waals surface area contributed by atoms with E-state index >= 15 is 0 Å². The number of nitrogens with one attached hydrogen (secondary N) is 1. The van der Waals surface area contributed by atoms with Crippen LogP contribution < -0.4 is 9.47 Å². The van der Waals surface area contributed by atoms with Crippen LogP contribution in [0.2, 0.25) is 5.02 Å². The van der Waals surface area contributed by atoms with Crippen molar-refractivity contribution >= 4 is 22.8 Å². The highest BCUT2D eigenvalue weighted by atomic mass is 35.5. The van der Waals surface area contributed by atoms with Crippen LogP contribution in [0.3, 0.4) is 0 Å². The fourth-order valence-corrected chi connectivity index (χ4v) is 6.55. The van der Waals surface area contributed by atoms with E-state index in [1.807, 2.05) is 29.7 Å². The second kappa shape index (κ2) is 12.3. The number of para-hydroxylation sites is 1. The molecule has 5 aromatic rings. The number of rotatable bonds is 8. The van der Waals surface area contributed by atoms with Crippen molar-refractivity contribution in [2.75, 3.05) is 20.2 Å². The molecule has 48 heavy (non-hydrogen) atoms. The van der Waals surface area contributed by atoms with Crippen molar-refractivity contribution < 1.29 is 31.8 Å². The van der Waals surface area contributed by atoms with Gasteiger partial charge in [-0.2, -0.15) is 13.2 Å². The maximum Gasteiger partial charge on any atom is 0.451 e. The summed E-state index contributed by atoms with van der Waals surface area (Å²) in [7, 11) is 1.63. The van der Waals surface area contributed by atoms with Crippen LogP contribution in [-0.2, 0) is 29.8 Å². The summed E-state index contributed by atoms with van der Waals surface area (Å²) in [6.07, 6.45) is -1.62. The average molecular weight is 686 g/mol. The minimum Gasteiger partial charge on any atom is -0.444 e. The quantitative estimate of drug-likeness (QED) is 0.173. The molecule has 0 spiro atoms. The van der Waals surface area contributed by atoms with Gasteiger partial charge in [0.25, 0.3) is 5.79 Å². The Bertz CT molecular complexity index is 1970. The number of fused-ring (bicyclic) bond motifs is 2. The molecule has 2 aromatic carbocycles. The summed E-state index contributed by atoms with van der Waals surface area (Å²) in [5.41, 5.74) is 2.76. The minimum atomic E-state index is -4.64. The van der Waals surface area contributed by atoms with Crippen molar-refractivity contribution in [2.45, 2.75) is 63.8 Å². The Balaban J connectivity index is 1.09. The first-order chi connectivity index (χ1) is 22.9. The summed E-state index contributed by atoms with van der Waals surface area (Å²) in [4.78, 5) is 14.0. The highest BCUT2D eigenvalue weighted by molar-refractivity contribution is 6.30. The van der Waals surface area contributed by atoms with E-state index in [1.54, 1.807) is 32.2 Å². The van der Waals surface area contributed by atoms with Gasteiger partial charge >= 0.3 is 6.18 Å². The second-order valence-electron chi connectivity index (χ2n) is 12.3. The minimum absolute atomic E-state index is 0.0412. The lowest BCUT2D eigenvalue weighted by molar-refractivity contribution is -0.144. The number of piperidine rings is 1. The van der Waals surface area contributed by atoms with E-state index in [-0.39, 0.29) is 23.4 Å². The number of benzene rings is 2. The van der Waals surface area contributed by atoms with Crippen LogP contribution in [0.25, 0.3) is 22.6 Å². The Hall–Kier alpha value is -4.27. The number of ether oxygens (including phenoxy) is 3. The number of H-pyrrole nitrogens is 1. The van der Waals surface area contributed by atoms with Crippen LogP contribution in [-0.4, -0.2) is 60.9 Å². The normalized spacial score (nSPS) is 19.3. The van der Waals surface area contributed by atoms with Crippen molar-refractivity contribution in [1.29, 1.82) is 0 Å². The number of hydrogen-bond donors (Lipinski definition) is 1. The fourth-order valence-electron chi connectivity index (χ4n) is 6.39. The summed E-state index contributed by atoms with van der Waals surface area (Å²) >= 11 is 5.97. The van der Waals surface area contributed by atoms with E-state index in [4.69, 9.17) is 30.8 Å². The molecule has 2 aliphatic rings. The van der Waals surface area contributed by atoms with Gasteiger partial charge in [0, 0.05) is 36.4 Å². The van der Waals surface area contributed by atoms with Crippen molar-refractivity contribution in [3.8, 4) is 22.9 Å². The zero-order valence-corrected chi connectivity index (χ0v) is 27.1. The Morgan fingerprint density at radius 2 is 1.92 bits per heavy atom. The highest BCUT2D eigenvalue weighted by Gasteiger charge is 2.43. The molecular weight excluding hydrogens is 654 g/mol. The number of aromatic nitrogens is 6. The van der Waals surface area contributed by atoms with Crippen molar-refractivity contribution in [3.63, 3.8) is 0 Å². The Morgan fingerprint density at radius 1 is 1.12 bits per heavy atom. The average Bonchev–Trinajstić information content (AvgIpc) is 3.77. The van der Waals surface area contributed by atoms with Gasteiger partial charge in [0.05, 0.1) is 24.8 Å². The van der Waals surface area contributed by atoms with Gasteiger partial charge in [-0.1, -0.05) is 23.7 Å². The van der Waals surface area contributed by atoms with E-state index in [2.05, 4.69) is 25.1 Å². The van der Waals surface area contributed by atoms with Gasteiger partial charge in [0.1, 0.15) is 17.2 Å². The van der Waals surface area contributed by atoms with Crippen LogP contribution >= 0.6 is 11.6 Å². The molecule has 2 aliphatic heterocycles. The fraction of sp³-hybridized carbons (Fsp3) is 0.394. The van der Waals surface area contributed by atoms with Crippen LogP contribution in [0.1, 0.15) is 55.4 Å². The third kappa shape index (κ3) is 6.08. The van der Waals surface area contributed by atoms with Crippen molar-refractivity contribution in [1.82, 2.24) is 34.6 Å². The van der Waals surface area contributed by atoms with Gasteiger partial charge in [0.2, 0.25) is 5.82 Å². The molecular formula is C33H32ClF4N7O3. The molecule has 1 saturated heterocycles. The third-order valence-electron chi connectivity index (χ3n) is 8.96. The standard InChI is InChI=1S/C33H32ClF4N7O3/c1-18(46-3)16-45-27(40-25-13-20(15-39-30(25)45)29-41-31(43-42-29)33(36,37)38)17-44-11-9-19(10-12-44)22-5-4-6-26-28(22)48-32(2,47-26)23-8-7-21(34)14-24(23)35/h4-8,13-15,18-19H,9-12,16-17H2,1-3H3,(H,41,42,43). The molecule has 2 atom stereocenters. The maximum absolute atomic E-state index is 14.9. The molecule has 0 amide bonds. The number of imidazole rings is 1. The largest absolute Gasteiger partial charge is 0.451 e. The summed E-state index contributed by atoms with van der Waals surface area (Å²) in [5.74, 6) is -0.891. The first-order valence-electron chi connectivity index (χ1n) is 15.5. The van der Waals surface area contributed by atoms with Gasteiger partial charge in [-0.25, -0.2) is 14.4 Å². The topological polar surface area (TPSA) is 103 Å². The van der Waals surface area contributed by atoms with Crippen LogP contribution in [0.5, 0.6) is 11.5 Å². The lowest BCUT2D eigenvalue weighted by Crippen LogP contribution is -2.34. The number of methoxy groups -OCH3 is 1. The molecule has 5 heterocycles. The SMILES string of the molecule is COC(C)Cn1c(CN2CCC(c3cccc4c3OC(C)(c3ccc(Cl)cc3F)O4)CC2)nc2cc(-c3nnc(C(F)(F)F)[nH]3)cnc21. The van der Waals surface area contributed by atoms with E-state index in [0.29, 0.717) is 46.3 Å². The molecule has 15 heteroatoms. The van der Waals surface area contributed by atoms with E-state index in [9.17, 15) is 17.6 Å². The van der Waals surface area contributed by atoms with Crippen LogP contribution in [0.15, 0.2) is 48.7 Å². The number of likely N-dealkylation sites (tertiary alicyclic amines) is 1. The molecule has 3 aromatic heterocycles. The Morgan fingerprint density at radius 3 is 2.62 bits per heavy atom. The number of halogens is 5. The molecule has 0 radical (unpaired) electrons. The van der Waals surface area contributed by atoms with Crippen molar-refractivity contribution in [3.05, 3.63) is 82.3 Å². The second-order valence-corrected chi connectivity index (χ2v) is 12.7. The number of alkyl halides is 3. The van der Waals surface area contributed by atoms with Gasteiger partial charge < -0.3 is 23.8 Å². The molecule has 10 nitrogen and oxygen atoms in total. The number of aromatic amines is 1. The summed E-state index contributed by atoms with van der Waals surface area (Å²) in [6.45, 7) is 6.23. The molecule has 252 valence electrons. The number of pyridine rings is 1. The molecule has 0 aliphatic carbocycles. The maximum atomic E-state index is 14.9. The van der Waals surface area contributed by atoms with Gasteiger partial charge in [-0.3, -0.25) is 4.90 Å². The highest BCUT2D eigenvalue weighted by Crippen LogP contribution is 2.50. The molecule has 1 N–H and O–H groups in total. The smallest absolute Gasteiger partial charge is 0.444 e. The van der Waals surface area contributed by atoms with E-state index < -0.39 is 23.6 Å². The third-order valence-corrected chi connectivity index (χ3v) is 9.19. The molecule has 2 unspecified atom stereocenters.